The van der Waals surface area contributed by atoms with E-state index in [2.05, 4.69) is 15.6 Å². The van der Waals surface area contributed by atoms with Gasteiger partial charge in [-0.25, -0.2) is 12.7 Å². The molecule has 0 heterocycles. The van der Waals surface area contributed by atoms with Crippen LogP contribution in [0, 0.1) is 5.92 Å². The second kappa shape index (κ2) is 10.7. The normalized spacial score (nSPS) is 16.5. The van der Waals surface area contributed by atoms with E-state index >= 15 is 0 Å². The van der Waals surface area contributed by atoms with E-state index in [1.54, 1.807) is 33.3 Å². The summed E-state index contributed by atoms with van der Waals surface area (Å²) in [7, 11) is 1.37. The number of sulfonamides is 1. The van der Waals surface area contributed by atoms with Crippen molar-refractivity contribution in [1.29, 1.82) is 0 Å². The average Bonchev–Trinajstić information content (AvgIpc) is 2.68. The predicted octanol–water partition coefficient (Wildman–Crippen LogP) is 2.96. The minimum Gasteiger partial charge on any atom is -0.356 e. The van der Waals surface area contributed by atoms with Gasteiger partial charge in [-0.3, -0.25) is 4.99 Å². The molecule has 7 heteroatoms. The highest BCUT2D eigenvalue weighted by atomic mass is 32.2. The summed E-state index contributed by atoms with van der Waals surface area (Å²) in [6, 6.07) is 7.08. The predicted molar refractivity (Wildman–Crippen MR) is 111 cm³/mol. The van der Waals surface area contributed by atoms with Crippen LogP contribution in [0.4, 0.5) is 0 Å². The fourth-order valence-electron chi connectivity index (χ4n) is 3.57. The van der Waals surface area contributed by atoms with Gasteiger partial charge in [0.15, 0.2) is 5.96 Å². The topological polar surface area (TPSA) is 73.8 Å². The van der Waals surface area contributed by atoms with Gasteiger partial charge in [0, 0.05) is 34.2 Å². The maximum Gasteiger partial charge on any atom is 0.242 e. The van der Waals surface area contributed by atoms with Crippen LogP contribution in [0.3, 0.4) is 0 Å². The Labute approximate surface area is 164 Å². The number of hydrogen-bond donors (Lipinski definition) is 2. The Bertz CT molecular complexity index is 710. The lowest BCUT2D eigenvalue weighted by atomic mass is 9.86. The third-order valence-corrected chi connectivity index (χ3v) is 7.12. The summed E-state index contributed by atoms with van der Waals surface area (Å²) < 4.78 is 26.2. The van der Waals surface area contributed by atoms with Gasteiger partial charge in [0.2, 0.25) is 10.0 Å². The van der Waals surface area contributed by atoms with Crippen LogP contribution in [0.2, 0.25) is 0 Å². The van der Waals surface area contributed by atoms with Crippen molar-refractivity contribution in [3.8, 4) is 0 Å². The average molecular weight is 395 g/mol. The van der Waals surface area contributed by atoms with Crippen molar-refractivity contribution in [1.82, 2.24) is 14.9 Å². The van der Waals surface area contributed by atoms with Crippen LogP contribution in [0.5, 0.6) is 0 Å². The zero-order valence-electron chi connectivity index (χ0n) is 16.9. The second-order valence-electron chi connectivity index (χ2n) is 7.39. The second-order valence-corrected chi connectivity index (χ2v) is 9.51. The van der Waals surface area contributed by atoms with Gasteiger partial charge < -0.3 is 10.6 Å². The lowest BCUT2D eigenvalue weighted by Crippen LogP contribution is -2.37. The lowest BCUT2D eigenvalue weighted by Gasteiger charge is -2.21. The molecule has 1 aliphatic carbocycles. The van der Waals surface area contributed by atoms with Crippen molar-refractivity contribution in [2.24, 2.45) is 10.9 Å². The van der Waals surface area contributed by atoms with E-state index in [1.165, 1.54) is 42.8 Å². The quantitative estimate of drug-likeness (QED) is 0.404. The highest BCUT2D eigenvalue weighted by Gasteiger charge is 2.20. The van der Waals surface area contributed by atoms with Gasteiger partial charge in [-0.05, 0) is 30.4 Å². The molecule has 2 rings (SSSR count). The van der Waals surface area contributed by atoms with Crippen LogP contribution >= 0.6 is 0 Å². The first-order chi connectivity index (χ1) is 12.9. The molecular weight excluding hydrogens is 360 g/mol. The first-order valence-electron chi connectivity index (χ1n) is 9.90. The van der Waals surface area contributed by atoms with E-state index in [0.717, 1.165) is 24.4 Å². The largest absolute Gasteiger partial charge is 0.356 e. The summed E-state index contributed by atoms with van der Waals surface area (Å²) >= 11 is 0. The molecule has 0 aromatic heterocycles. The summed E-state index contributed by atoms with van der Waals surface area (Å²) in [6.45, 7) is 1.29. The van der Waals surface area contributed by atoms with E-state index in [9.17, 15) is 8.42 Å². The Kier molecular flexibility index (Phi) is 8.57. The van der Waals surface area contributed by atoms with Crippen LogP contribution in [-0.4, -0.2) is 46.4 Å². The number of rotatable bonds is 8. The Morgan fingerprint density at radius 1 is 1.15 bits per heavy atom. The van der Waals surface area contributed by atoms with Gasteiger partial charge in [0.05, 0.1) is 4.90 Å². The maximum absolute atomic E-state index is 12.5. The maximum atomic E-state index is 12.5. The van der Waals surface area contributed by atoms with Crippen molar-refractivity contribution < 1.29 is 8.42 Å². The summed E-state index contributed by atoms with van der Waals surface area (Å²) in [4.78, 5) is 4.58. The number of nitrogens with zero attached hydrogens (tertiary/aromatic N) is 2. The van der Waals surface area contributed by atoms with E-state index in [0.29, 0.717) is 17.4 Å². The van der Waals surface area contributed by atoms with Crippen molar-refractivity contribution >= 4 is 16.0 Å². The van der Waals surface area contributed by atoms with Gasteiger partial charge in [0.25, 0.3) is 0 Å². The van der Waals surface area contributed by atoms with E-state index in [-0.39, 0.29) is 0 Å². The molecule has 0 bridgehead atoms. The molecule has 27 heavy (non-hydrogen) atoms. The Balaban J connectivity index is 1.84. The molecule has 0 unspecified atom stereocenters. The van der Waals surface area contributed by atoms with Crippen molar-refractivity contribution in [3.63, 3.8) is 0 Å². The molecule has 0 spiro atoms. The van der Waals surface area contributed by atoms with Gasteiger partial charge in [0.1, 0.15) is 0 Å². The van der Waals surface area contributed by atoms with E-state index in [1.807, 2.05) is 12.1 Å². The van der Waals surface area contributed by atoms with Crippen LogP contribution < -0.4 is 10.6 Å². The first kappa shape index (κ1) is 21.7. The lowest BCUT2D eigenvalue weighted by molar-refractivity contribution is 0.332. The molecule has 1 saturated carbocycles. The Morgan fingerprint density at radius 3 is 2.52 bits per heavy atom. The fraction of sp³-hybridized carbons (Fsp3) is 0.650. The number of nitrogens with one attached hydrogen (secondary N) is 2. The molecular formula is C20H34N4O2S. The zero-order valence-corrected chi connectivity index (χ0v) is 17.7. The monoisotopic (exact) mass is 394 g/mol. The molecule has 2 N–H and O–H groups in total. The standard InChI is InChI=1S/C20H34N4O2S/c1-21-20(22-15-9-12-17-10-5-4-6-11-17)23-16-18-13-7-8-14-19(18)27(25,26)24(2)3/h7-8,13-14,17H,4-6,9-12,15-16H2,1-3H3,(H2,21,22,23). The molecule has 1 aliphatic rings. The smallest absolute Gasteiger partial charge is 0.242 e. The van der Waals surface area contributed by atoms with Crippen LogP contribution in [0.15, 0.2) is 34.2 Å². The molecule has 1 aromatic rings. The Hall–Kier alpha value is -1.60. The van der Waals surface area contributed by atoms with Crippen molar-refractivity contribution in [3.05, 3.63) is 29.8 Å². The summed E-state index contributed by atoms with van der Waals surface area (Å²) in [6.07, 6.45) is 9.34. The highest BCUT2D eigenvalue weighted by Crippen LogP contribution is 2.26. The Morgan fingerprint density at radius 2 is 1.85 bits per heavy atom. The van der Waals surface area contributed by atoms with E-state index < -0.39 is 10.0 Å². The number of aliphatic imine (C=N–C) groups is 1. The summed E-state index contributed by atoms with van der Waals surface area (Å²) in [5.41, 5.74) is 0.733. The molecule has 0 atom stereocenters. The van der Waals surface area contributed by atoms with Gasteiger partial charge in [-0.1, -0.05) is 50.3 Å². The number of hydrogen-bond acceptors (Lipinski definition) is 3. The summed E-state index contributed by atoms with van der Waals surface area (Å²) in [5.74, 6) is 1.59. The molecule has 152 valence electrons. The molecule has 0 radical (unpaired) electrons. The molecule has 0 aliphatic heterocycles. The minimum atomic E-state index is -3.46. The van der Waals surface area contributed by atoms with Crippen LogP contribution in [0.1, 0.15) is 50.5 Å². The fourth-order valence-corrected chi connectivity index (χ4v) is 4.69. The van der Waals surface area contributed by atoms with Crippen molar-refractivity contribution in [2.45, 2.75) is 56.4 Å². The molecule has 6 nitrogen and oxygen atoms in total. The van der Waals surface area contributed by atoms with Crippen LogP contribution in [0.25, 0.3) is 0 Å². The minimum absolute atomic E-state index is 0.329. The van der Waals surface area contributed by atoms with Gasteiger partial charge in [-0.2, -0.15) is 0 Å². The number of benzene rings is 1. The first-order valence-corrected chi connectivity index (χ1v) is 11.3. The van der Waals surface area contributed by atoms with E-state index in [4.69, 9.17) is 0 Å². The molecule has 1 aromatic carbocycles. The van der Waals surface area contributed by atoms with Crippen LogP contribution in [-0.2, 0) is 16.6 Å². The zero-order chi connectivity index (χ0) is 19.7. The van der Waals surface area contributed by atoms with Crippen molar-refractivity contribution in [2.75, 3.05) is 27.7 Å². The molecule has 0 saturated heterocycles. The summed E-state index contributed by atoms with van der Waals surface area (Å²) in [5, 5.41) is 6.57. The van der Waals surface area contributed by atoms with Gasteiger partial charge >= 0.3 is 0 Å². The molecule has 0 amide bonds. The number of guanidine groups is 1. The van der Waals surface area contributed by atoms with Gasteiger partial charge in [-0.15, -0.1) is 0 Å². The third kappa shape index (κ3) is 6.50. The highest BCUT2D eigenvalue weighted by molar-refractivity contribution is 7.89. The SMILES string of the molecule is CN=C(NCCCC1CCCCC1)NCc1ccccc1S(=O)(=O)N(C)C. The molecule has 1 fully saturated rings. The third-order valence-electron chi connectivity index (χ3n) is 5.21.